The van der Waals surface area contributed by atoms with E-state index in [4.69, 9.17) is 9.84 Å². The first kappa shape index (κ1) is 11.4. The predicted molar refractivity (Wildman–Crippen MR) is 53.9 cm³/mol. The van der Waals surface area contributed by atoms with Gasteiger partial charge in [0.1, 0.15) is 0 Å². The van der Waals surface area contributed by atoms with E-state index in [1.54, 1.807) is 12.1 Å². The van der Waals surface area contributed by atoms with Gasteiger partial charge < -0.3 is 9.84 Å². The zero-order chi connectivity index (χ0) is 11.5. The van der Waals surface area contributed by atoms with Gasteiger partial charge in [0.05, 0.1) is 5.69 Å². The molecule has 0 aliphatic rings. The van der Waals surface area contributed by atoms with Gasteiger partial charge in [-0.15, -0.1) is 5.10 Å². The first-order valence-electron chi connectivity index (χ1n) is 4.58. The van der Waals surface area contributed by atoms with Gasteiger partial charge in [0.2, 0.25) is 5.88 Å². The molecule has 0 spiro atoms. The van der Waals surface area contributed by atoms with E-state index >= 15 is 0 Å². The highest BCUT2D eigenvalue weighted by atomic mass is 16.5. The summed E-state index contributed by atoms with van der Waals surface area (Å²) in [6.07, 6.45) is 0. The van der Waals surface area contributed by atoms with Crippen molar-refractivity contribution in [2.75, 3.05) is 6.61 Å². The first-order valence-corrected chi connectivity index (χ1v) is 4.58. The Morgan fingerprint density at radius 3 is 2.47 bits per heavy atom. The SMILES string of the molecule is CC(C)(C)c1ccc(OCC(=O)O)nn1. The Kier molecular flexibility index (Phi) is 3.24. The van der Waals surface area contributed by atoms with Crippen LogP contribution in [0.5, 0.6) is 5.88 Å². The number of aliphatic carboxylic acids is 1. The average Bonchev–Trinajstić information content (AvgIpc) is 2.14. The lowest BCUT2D eigenvalue weighted by Crippen LogP contribution is -2.15. The monoisotopic (exact) mass is 210 g/mol. The molecule has 0 atom stereocenters. The van der Waals surface area contributed by atoms with Crippen LogP contribution in [0.25, 0.3) is 0 Å². The Morgan fingerprint density at radius 2 is 2.07 bits per heavy atom. The molecule has 1 aromatic rings. The molecule has 0 radical (unpaired) electrons. The number of hydrogen-bond acceptors (Lipinski definition) is 4. The number of ether oxygens (including phenoxy) is 1. The largest absolute Gasteiger partial charge is 0.479 e. The van der Waals surface area contributed by atoms with E-state index in [-0.39, 0.29) is 11.3 Å². The number of rotatable bonds is 3. The molecule has 1 N–H and O–H groups in total. The molecule has 0 saturated carbocycles. The fourth-order valence-corrected chi connectivity index (χ4v) is 0.933. The molecular weight excluding hydrogens is 196 g/mol. The van der Waals surface area contributed by atoms with Gasteiger partial charge in [-0.25, -0.2) is 4.79 Å². The van der Waals surface area contributed by atoms with Crippen LogP contribution in [0, 0.1) is 0 Å². The number of carboxylic acid groups (broad SMARTS) is 1. The fourth-order valence-electron chi connectivity index (χ4n) is 0.933. The van der Waals surface area contributed by atoms with Crippen LogP contribution in [0.3, 0.4) is 0 Å². The highest BCUT2D eigenvalue weighted by Crippen LogP contribution is 2.19. The number of nitrogens with zero attached hydrogens (tertiary/aromatic N) is 2. The maximum absolute atomic E-state index is 10.2. The topological polar surface area (TPSA) is 72.3 Å². The minimum absolute atomic E-state index is 0.0711. The third-order valence-corrected chi connectivity index (χ3v) is 1.75. The molecule has 0 aliphatic carbocycles. The summed E-state index contributed by atoms with van der Waals surface area (Å²) in [6.45, 7) is 5.67. The van der Waals surface area contributed by atoms with Crippen molar-refractivity contribution in [3.8, 4) is 5.88 Å². The molecule has 1 aromatic heterocycles. The fraction of sp³-hybridized carbons (Fsp3) is 0.500. The summed E-state index contributed by atoms with van der Waals surface area (Å²) >= 11 is 0. The predicted octanol–water partition coefficient (Wildman–Crippen LogP) is 1.24. The van der Waals surface area contributed by atoms with Gasteiger partial charge in [-0.2, -0.15) is 5.10 Å². The normalized spacial score (nSPS) is 11.1. The second-order valence-electron chi connectivity index (χ2n) is 4.19. The van der Waals surface area contributed by atoms with Crippen molar-refractivity contribution < 1.29 is 14.6 Å². The molecule has 1 rings (SSSR count). The lowest BCUT2D eigenvalue weighted by atomic mass is 9.92. The molecule has 0 unspecified atom stereocenters. The molecular formula is C10H14N2O3. The quantitative estimate of drug-likeness (QED) is 0.812. The summed E-state index contributed by atoms with van der Waals surface area (Å²) in [4.78, 5) is 10.2. The Morgan fingerprint density at radius 1 is 1.40 bits per heavy atom. The molecule has 0 amide bonds. The minimum atomic E-state index is -1.03. The van der Waals surface area contributed by atoms with Crippen molar-refractivity contribution in [2.45, 2.75) is 26.2 Å². The molecule has 5 nitrogen and oxygen atoms in total. The number of aromatic nitrogens is 2. The lowest BCUT2D eigenvalue weighted by molar-refractivity contribution is -0.139. The Hall–Kier alpha value is -1.65. The summed E-state index contributed by atoms with van der Waals surface area (Å²) in [5.74, 6) is -0.804. The van der Waals surface area contributed by atoms with Gasteiger partial charge in [-0.3, -0.25) is 0 Å². The molecule has 0 saturated heterocycles. The molecule has 0 aromatic carbocycles. The molecule has 0 fully saturated rings. The highest BCUT2D eigenvalue weighted by molar-refractivity contribution is 5.68. The van der Waals surface area contributed by atoms with Crippen LogP contribution < -0.4 is 4.74 Å². The summed E-state index contributed by atoms with van der Waals surface area (Å²) in [6, 6.07) is 3.40. The van der Waals surface area contributed by atoms with E-state index in [1.165, 1.54) is 0 Å². The van der Waals surface area contributed by atoms with Crippen molar-refractivity contribution in [3.05, 3.63) is 17.8 Å². The van der Waals surface area contributed by atoms with Crippen LogP contribution >= 0.6 is 0 Å². The van der Waals surface area contributed by atoms with Gasteiger partial charge in [0.25, 0.3) is 0 Å². The maximum Gasteiger partial charge on any atom is 0.341 e. The van der Waals surface area contributed by atoms with E-state index in [1.807, 2.05) is 20.8 Å². The molecule has 15 heavy (non-hydrogen) atoms. The van der Waals surface area contributed by atoms with Crippen LogP contribution in [0.2, 0.25) is 0 Å². The van der Waals surface area contributed by atoms with Gasteiger partial charge >= 0.3 is 5.97 Å². The first-order chi connectivity index (χ1) is 6.89. The Labute approximate surface area is 88.1 Å². The third-order valence-electron chi connectivity index (χ3n) is 1.75. The van der Waals surface area contributed by atoms with Crippen LogP contribution in [0.4, 0.5) is 0 Å². The van der Waals surface area contributed by atoms with Gasteiger partial charge in [-0.1, -0.05) is 20.8 Å². The van der Waals surface area contributed by atoms with E-state index in [0.29, 0.717) is 0 Å². The van der Waals surface area contributed by atoms with E-state index in [0.717, 1.165) is 5.69 Å². The second kappa shape index (κ2) is 4.25. The zero-order valence-electron chi connectivity index (χ0n) is 9.02. The van der Waals surface area contributed by atoms with Gasteiger partial charge in [0, 0.05) is 11.5 Å². The van der Waals surface area contributed by atoms with Gasteiger partial charge in [0.15, 0.2) is 6.61 Å². The molecule has 0 aliphatic heterocycles. The van der Waals surface area contributed by atoms with E-state index < -0.39 is 12.6 Å². The summed E-state index contributed by atoms with van der Waals surface area (Å²) in [5.41, 5.74) is 0.767. The van der Waals surface area contributed by atoms with Crippen molar-refractivity contribution in [1.29, 1.82) is 0 Å². The zero-order valence-corrected chi connectivity index (χ0v) is 9.02. The van der Waals surface area contributed by atoms with Crippen molar-refractivity contribution in [2.24, 2.45) is 0 Å². The van der Waals surface area contributed by atoms with Crippen molar-refractivity contribution >= 4 is 5.97 Å². The third kappa shape index (κ3) is 3.53. The van der Waals surface area contributed by atoms with Crippen LogP contribution in [-0.2, 0) is 10.2 Å². The molecule has 0 bridgehead atoms. The number of carbonyl (C=O) groups is 1. The number of hydrogen-bond donors (Lipinski definition) is 1. The average molecular weight is 210 g/mol. The summed E-state index contributed by atoms with van der Waals surface area (Å²) in [7, 11) is 0. The second-order valence-corrected chi connectivity index (χ2v) is 4.19. The van der Waals surface area contributed by atoms with Crippen LogP contribution in [0.1, 0.15) is 26.5 Å². The van der Waals surface area contributed by atoms with Crippen molar-refractivity contribution in [1.82, 2.24) is 10.2 Å². The lowest BCUT2D eigenvalue weighted by Gasteiger charge is -2.16. The summed E-state index contributed by atoms with van der Waals surface area (Å²) < 4.78 is 4.86. The number of carboxylic acids is 1. The van der Waals surface area contributed by atoms with E-state index in [2.05, 4.69) is 10.2 Å². The highest BCUT2D eigenvalue weighted by Gasteiger charge is 2.15. The molecule has 5 heteroatoms. The Bertz CT molecular complexity index is 341. The van der Waals surface area contributed by atoms with Crippen molar-refractivity contribution in [3.63, 3.8) is 0 Å². The summed E-state index contributed by atoms with van der Waals surface area (Å²) in [5, 5.41) is 16.1. The van der Waals surface area contributed by atoms with Gasteiger partial charge in [-0.05, 0) is 6.07 Å². The van der Waals surface area contributed by atoms with Crippen LogP contribution in [-0.4, -0.2) is 27.9 Å². The molecule has 1 heterocycles. The Balaban J connectivity index is 2.69. The molecule has 82 valence electrons. The standard InChI is InChI=1S/C10H14N2O3/c1-10(2,3)7-4-5-8(12-11-7)15-6-9(13)14/h4-5H,6H2,1-3H3,(H,13,14). The smallest absolute Gasteiger partial charge is 0.341 e. The maximum atomic E-state index is 10.2. The van der Waals surface area contributed by atoms with Crippen LogP contribution in [0.15, 0.2) is 12.1 Å². The van der Waals surface area contributed by atoms with E-state index in [9.17, 15) is 4.79 Å². The minimum Gasteiger partial charge on any atom is -0.479 e.